The highest BCUT2D eigenvalue weighted by atomic mass is 16.4. The Balaban J connectivity index is 1.94. The number of unbranched alkanes of at least 4 members (excludes halogenated alkanes) is 12. The zero-order valence-corrected chi connectivity index (χ0v) is 21.4. The second kappa shape index (κ2) is 21.2. The molecular formula is C29H48N2O3. The third-order valence-electron chi connectivity index (χ3n) is 6.14. The third kappa shape index (κ3) is 17.2. The van der Waals surface area contributed by atoms with Gasteiger partial charge in [0.15, 0.2) is 0 Å². The van der Waals surface area contributed by atoms with E-state index in [1.807, 2.05) is 30.3 Å². The van der Waals surface area contributed by atoms with E-state index in [2.05, 4.69) is 29.7 Å². The first kappa shape index (κ1) is 29.7. The van der Waals surface area contributed by atoms with E-state index in [0.29, 0.717) is 19.4 Å². The number of aryl methyl sites for hydroxylation is 1. The number of benzene rings is 1. The van der Waals surface area contributed by atoms with Crippen LogP contribution in [0.1, 0.15) is 109 Å². The van der Waals surface area contributed by atoms with Gasteiger partial charge in [0.2, 0.25) is 0 Å². The van der Waals surface area contributed by atoms with Gasteiger partial charge in [-0.15, -0.1) is 0 Å². The Labute approximate surface area is 207 Å². The number of nitrogens with one attached hydrogen (secondary N) is 2. The van der Waals surface area contributed by atoms with Gasteiger partial charge in [0.1, 0.15) is 6.04 Å². The highest BCUT2D eigenvalue weighted by molar-refractivity contribution is 5.82. The summed E-state index contributed by atoms with van der Waals surface area (Å²) in [6, 6.07) is 8.45. The first-order chi connectivity index (χ1) is 16.6. The number of hydrogen-bond acceptors (Lipinski definition) is 2. The summed E-state index contributed by atoms with van der Waals surface area (Å²) >= 11 is 0. The van der Waals surface area contributed by atoms with E-state index >= 15 is 0 Å². The smallest absolute Gasteiger partial charge is 0.326 e. The lowest BCUT2D eigenvalue weighted by Gasteiger charge is -2.15. The van der Waals surface area contributed by atoms with Gasteiger partial charge in [-0.3, -0.25) is 0 Å². The molecule has 192 valence electrons. The van der Waals surface area contributed by atoms with Gasteiger partial charge < -0.3 is 15.7 Å². The fourth-order valence-electron chi connectivity index (χ4n) is 4.00. The van der Waals surface area contributed by atoms with Crippen molar-refractivity contribution in [3.05, 3.63) is 48.0 Å². The molecule has 1 atom stereocenters. The minimum atomic E-state index is -0.997. The van der Waals surface area contributed by atoms with Crippen LogP contribution in [0.2, 0.25) is 0 Å². The molecule has 0 saturated carbocycles. The second-order valence-electron chi connectivity index (χ2n) is 9.25. The minimum absolute atomic E-state index is 0.376. The Morgan fingerprint density at radius 2 is 1.38 bits per heavy atom. The molecule has 1 aromatic rings. The van der Waals surface area contributed by atoms with E-state index < -0.39 is 18.0 Å². The number of aliphatic carboxylic acids is 1. The van der Waals surface area contributed by atoms with E-state index in [1.165, 1.54) is 77.0 Å². The Kier molecular flexibility index (Phi) is 18.6. The lowest BCUT2D eigenvalue weighted by atomic mass is 10.1. The Hall–Kier alpha value is -2.30. The number of rotatable bonds is 21. The summed E-state index contributed by atoms with van der Waals surface area (Å²) in [5.41, 5.74) is 1.07. The average molecular weight is 473 g/mol. The molecule has 0 unspecified atom stereocenters. The molecule has 1 aromatic carbocycles. The number of carboxylic acid groups (broad SMARTS) is 1. The fraction of sp³-hybridized carbons (Fsp3) is 0.655. The van der Waals surface area contributed by atoms with Gasteiger partial charge in [-0.25, -0.2) is 9.59 Å². The molecule has 3 N–H and O–H groups in total. The standard InChI is InChI=1S/C29H48N2O3/c1-2-3-4-5-6-7-8-9-10-11-12-13-14-15-16-20-25-30-29(34)31-27(28(32)33)24-23-26-21-18-17-19-22-26/h9-10,17-19,21-22,27H,2-8,11-16,20,23-25H2,1H3,(H,32,33)(H2,30,31,34)/b10-9-/t27-/m0/s1. The van der Waals surface area contributed by atoms with Crippen LogP contribution < -0.4 is 10.6 Å². The second-order valence-corrected chi connectivity index (χ2v) is 9.25. The number of hydrogen-bond donors (Lipinski definition) is 3. The average Bonchev–Trinajstić information content (AvgIpc) is 2.84. The van der Waals surface area contributed by atoms with Gasteiger partial charge in [0.25, 0.3) is 0 Å². The number of carbonyl (C=O) groups excluding carboxylic acids is 1. The monoisotopic (exact) mass is 472 g/mol. The maximum atomic E-state index is 12.0. The van der Waals surface area contributed by atoms with Gasteiger partial charge in [0, 0.05) is 6.54 Å². The predicted molar refractivity (Wildman–Crippen MR) is 142 cm³/mol. The van der Waals surface area contributed by atoms with Crippen LogP contribution in [0.4, 0.5) is 4.79 Å². The molecule has 1 rings (SSSR count). The van der Waals surface area contributed by atoms with Crippen LogP contribution >= 0.6 is 0 Å². The molecule has 0 bridgehead atoms. The van der Waals surface area contributed by atoms with Crippen molar-refractivity contribution in [2.75, 3.05) is 6.54 Å². The van der Waals surface area contributed by atoms with Crippen molar-refractivity contribution in [1.82, 2.24) is 10.6 Å². The molecular weight excluding hydrogens is 424 g/mol. The summed E-state index contributed by atoms with van der Waals surface area (Å²) in [6.07, 6.45) is 23.2. The largest absolute Gasteiger partial charge is 0.480 e. The van der Waals surface area contributed by atoms with Crippen LogP contribution in [-0.2, 0) is 11.2 Å². The topological polar surface area (TPSA) is 78.4 Å². The zero-order valence-electron chi connectivity index (χ0n) is 21.4. The van der Waals surface area contributed by atoms with Crippen LogP contribution in [0.3, 0.4) is 0 Å². The van der Waals surface area contributed by atoms with Crippen molar-refractivity contribution in [2.45, 2.75) is 116 Å². The highest BCUT2D eigenvalue weighted by Gasteiger charge is 2.19. The van der Waals surface area contributed by atoms with E-state index in [-0.39, 0.29) is 0 Å². The normalized spacial score (nSPS) is 12.0. The molecule has 0 aliphatic rings. The van der Waals surface area contributed by atoms with E-state index in [4.69, 9.17) is 0 Å². The fourth-order valence-corrected chi connectivity index (χ4v) is 4.00. The molecule has 0 heterocycles. The number of carboxylic acids is 1. The SMILES string of the molecule is CCCCCCCC/C=C\CCCCCCCCNC(=O)N[C@@H](CCc1ccccc1)C(=O)O. The van der Waals surface area contributed by atoms with Crippen molar-refractivity contribution in [2.24, 2.45) is 0 Å². The van der Waals surface area contributed by atoms with Gasteiger partial charge >= 0.3 is 12.0 Å². The highest BCUT2D eigenvalue weighted by Crippen LogP contribution is 2.10. The lowest BCUT2D eigenvalue weighted by molar-refractivity contribution is -0.139. The first-order valence-corrected chi connectivity index (χ1v) is 13.6. The summed E-state index contributed by atoms with van der Waals surface area (Å²) in [7, 11) is 0. The molecule has 5 nitrogen and oxygen atoms in total. The third-order valence-corrected chi connectivity index (χ3v) is 6.14. The summed E-state index contributed by atoms with van der Waals surface area (Å²) in [5.74, 6) is -0.997. The summed E-state index contributed by atoms with van der Waals surface area (Å²) in [4.78, 5) is 23.5. The van der Waals surface area contributed by atoms with Crippen LogP contribution in [0, 0.1) is 0 Å². The van der Waals surface area contributed by atoms with Crippen LogP contribution in [0.15, 0.2) is 42.5 Å². The first-order valence-electron chi connectivity index (χ1n) is 13.6. The maximum absolute atomic E-state index is 12.0. The van der Waals surface area contributed by atoms with E-state index in [1.54, 1.807) is 0 Å². The van der Waals surface area contributed by atoms with Gasteiger partial charge in [0.05, 0.1) is 0 Å². The molecule has 0 aliphatic heterocycles. The minimum Gasteiger partial charge on any atom is -0.480 e. The van der Waals surface area contributed by atoms with E-state index in [0.717, 1.165) is 18.4 Å². The van der Waals surface area contributed by atoms with Crippen LogP contribution in [0.5, 0.6) is 0 Å². The summed E-state index contributed by atoms with van der Waals surface area (Å²) in [6.45, 7) is 2.84. The van der Waals surface area contributed by atoms with Crippen LogP contribution in [0.25, 0.3) is 0 Å². The molecule has 0 fully saturated rings. The predicted octanol–water partition coefficient (Wildman–Crippen LogP) is 7.41. The van der Waals surface area contributed by atoms with Crippen LogP contribution in [-0.4, -0.2) is 29.7 Å². The molecule has 0 aromatic heterocycles. The lowest BCUT2D eigenvalue weighted by Crippen LogP contribution is -2.46. The van der Waals surface area contributed by atoms with Crippen molar-refractivity contribution in [3.63, 3.8) is 0 Å². The molecule has 34 heavy (non-hydrogen) atoms. The van der Waals surface area contributed by atoms with Crippen molar-refractivity contribution in [1.29, 1.82) is 0 Å². The van der Waals surface area contributed by atoms with Gasteiger partial charge in [-0.2, -0.15) is 0 Å². The van der Waals surface area contributed by atoms with E-state index in [9.17, 15) is 14.7 Å². The van der Waals surface area contributed by atoms with Crippen molar-refractivity contribution < 1.29 is 14.7 Å². The molecule has 0 radical (unpaired) electrons. The molecule has 0 spiro atoms. The number of allylic oxidation sites excluding steroid dienone is 2. The van der Waals surface area contributed by atoms with Crippen molar-refractivity contribution in [3.8, 4) is 0 Å². The van der Waals surface area contributed by atoms with Crippen molar-refractivity contribution >= 4 is 12.0 Å². The Morgan fingerprint density at radius 3 is 1.97 bits per heavy atom. The number of urea groups is 1. The quantitative estimate of drug-likeness (QED) is 0.129. The Morgan fingerprint density at radius 1 is 0.824 bits per heavy atom. The summed E-state index contributed by atoms with van der Waals surface area (Å²) in [5, 5.41) is 14.8. The number of amides is 2. The zero-order chi connectivity index (χ0) is 24.7. The van der Waals surface area contributed by atoms with Gasteiger partial charge in [-0.1, -0.05) is 107 Å². The molecule has 0 aliphatic carbocycles. The van der Waals surface area contributed by atoms with Gasteiger partial charge in [-0.05, 0) is 50.5 Å². The molecule has 5 heteroatoms. The number of carbonyl (C=O) groups is 2. The molecule has 0 saturated heterocycles. The maximum Gasteiger partial charge on any atom is 0.326 e. The Bertz CT molecular complexity index is 661. The summed E-state index contributed by atoms with van der Waals surface area (Å²) < 4.78 is 0. The molecule has 2 amide bonds.